The van der Waals surface area contributed by atoms with Crippen molar-refractivity contribution in [3.63, 3.8) is 0 Å². The predicted octanol–water partition coefficient (Wildman–Crippen LogP) is 4.27. The van der Waals surface area contributed by atoms with Gasteiger partial charge in [-0.05, 0) is 82.0 Å². The van der Waals surface area contributed by atoms with Crippen LogP contribution < -0.4 is 5.32 Å². The number of alkyl halides is 1. The Balaban J connectivity index is 1.61. The molecule has 4 aliphatic carbocycles. The third kappa shape index (κ3) is 3.08. The lowest BCUT2D eigenvalue weighted by molar-refractivity contribution is -0.131. The van der Waals surface area contributed by atoms with Crippen LogP contribution in [0.1, 0.15) is 65.2 Å². The molecule has 0 spiro atoms. The Hall–Kier alpha value is -0.0500. The van der Waals surface area contributed by atoms with E-state index < -0.39 is 0 Å². The van der Waals surface area contributed by atoms with Crippen molar-refractivity contribution in [2.24, 2.45) is 23.2 Å². The molecule has 4 aliphatic rings. The molecule has 0 unspecified atom stereocenters. The van der Waals surface area contributed by atoms with Gasteiger partial charge in [0.25, 0.3) is 0 Å². The number of rotatable bonds is 5. The first-order valence-electron chi connectivity index (χ1n) is 8.27. The Labute approximate surface area is 131 Å². The summed E-state index contributed by atoms with van der Waals surface area (Å²) in [5, 5.41) is 4.21. The number of nitrogens with one attached hydrogen (secondary N) is 1. The number of hydrogen-bond donors (Lipinski definition) is 1. The number of halogens is 1. The molecule has 4 rings (SSSR count). The first-order chi connectivity index (χ1) is 9.40. The second-order valence-corrected chi connectivity index (χ2v) is 9.26. The Morgan fingerprint density at radius 1 is 1.15 bits per heavy atom. The zero-order chi connectivity index (χ0) is 14.4. The average molecular weight is 342 g/mol. The fourth-order valence-corrected chi connectivity index (χ4v) is 6.56. The summed E-state index contributed by atoms with van der Waals surface area (Å²) in [4.78, 5) is 12.5. The van der Waals surface area contributed by atoms with Gasteiger partial charge in [-0.3, -0.25) is 4.79 Å². The molecule has 20 heavy (non-hydrogen) atoms. The number of carbonyl (C=O) groups is 1. The number of carbonyl (C=O) groups excluding carboxylic acids is 1. The molecule has 0 aromatic carbocycles. The van der Waals surface area contributed by atoms with E-state index >= 15 is 0 Å². The molecule has 0 radical (unpaired) electrons. The van der Waals surface area contributed by atoms with Crippen LogP contribution in [0.4, 0.5) is 0 Å². The summed E-state index contributed by atoms with van der Waals surface area (Å²) in [6.07, 6.45) is 10.1. The van der Waals surface area contributed by atoms with Crippen LogP contribution in [-0.4, -0.2) is 16.8 Å². The second-order valence-electron chi connectivity index (χ2n) is 8.47. The molecule has 0 aromatic rings. The van der Waals surface area contributed by atoms with Crippen molar-refractivity contribution >= 4 is 21.8 Å². The topological polar surface area (TPSA) is 29.1 Å². The van der Waals surface area contributed by atoms with Crippen molar-refractivity contribution in [3.8, 4) is 0 Å². The standard InChI is InChI=1S/C17H28BrNO/c1-16(2,3-4-18)19-15(20)11-17-8-12-5-13(9-17)7-14(6-12)10-17/h12-14H,3-11H2,1-2H3,(H,19,20). The van der Waals surface area contributed by atoms with E-state index in [0.717, 1.165) is 35.9 Å². The van der Waals surface area contributed by atoms with Crippen LogP contribution in [0.3, 0.4) is 0 Å². The van der Waals surface area contributed by atoms with E-state index in [4.69, 9.17) is 0 Å². The fourth-order valence-electron chi connectivity index (χ4n) is 5.57. The summed E-state index contributed by atoms with van der Waals surface area (Å²) >= 11 is 3.48. The van der Waals surface area contributed by atoms with Crippen molar-refractivity contribution in [2.45, 2.75) is 70.8 Å². The molecule has 3 heteroatoms. The smallest absolute Gasteiger partial charge is 0.220 e. The van der Waals surface area contributed by atoms with Crippen molar-refractivity contribution in [1.82, 2.24) is 5.32 Å². The molecular weight excluding hydrogens is 314 g/mol. The normalized spacial score (nSPS) is 39.0. The second kappa shape index (κ2) is 5.30. The molecule has 0 atom stereocenters. The van der Waals surface area contributed by atoms with E-state index in [2.05, 4.69) is 35.1 Å². The maximum Gasteiger partial charge on any atom is 0.220 e. The van der Waals surface area contributed by atoms with Crippen LogP contribution in [0.25, 0.3) is 0 Å². The molecule has 0 heterocycles. The van der Waals surface area contributed by atoms with E-state index in [0.29, 0.717) is 5.41 Å². The highest BCUT2D eigenvalue weighted by Crippen LogP contribution is 2.61. The van der Waals surface area contributed by atoms with Gasteiger partial charge in [-0.1, -0.05) is 15.9 Å². The van der Waals surface area contributed by atoms with E-state index in [1.165, 1.54) is 38.5 Å². The molecule has 0 aromatic heterocycles. The largest absolute Gasteiger partial charge is 0.351 e. The quantitative estimate of drug-likeness (QED) is 0.743. The Morgan fingerprint density at radius 3 is 2.10 bits per heavy atom. The Bertz CT molecular complexity index is 355. The Morgan fingerprint density at radius 2 is 1.65 bits per heavy atom. The van der Waals surface area contributed by atoms with Crippen molar-refractivity contribution < 1.29 is 4.79 Å². The summed E-state index contributed by atoms with van der Waals surface area (Å²) in [6, 6.07) is 0. The van der Waals surface area contributed by atoms with Gasteiger partial charge in [-0.2, -0.15) is 0 Å². The minimum Gasteiger partial charge on any atom is -0.351 e. The fraction of sp³-hybridized carbons (Fsp3) is 0.941. The first kappa shape index (κ1) is 14.9. The molecule has 2 nitrogen and oxygen atoms in total. The zero-order valence-corrected chi connectivity index (χ0v) is 14.5. The van der Waals surface area contributed by atoms with Crippen molar-refractivity contribution in [1.29, 1.82) is 0 Å². The highest BCUT2D eigenvalue weighted by Gasteiger charge is 2.51. The van der Waals surface area contributed by atoms with E-state index in [1.54, 1.807) is 0 Å². The van der Waals surface area contributed by atoms with Gasteiger partial charge in [-0.15, -0.1) is 0 Å². The predicted molar refractivity (Wildman–Crippen MR) is 85.9 cm³/mol. The summed E-state index contributed by atoms with van der Waals surface area (Å²) in [7, 11) is 0. The van der Waals surface area contributed by atoms with E-state index in [9.17, 15) is 4.79 Å². The summed E-state index contributed by atoms with van der Waals surface area (Å²) < 4.78 is 0. The minimum atomic E-state index is -0.0805. The molecule has 4 bridgehead atoms. The van der Waals surface area contributed by atoms with Crippen molar-refractivity contribution in [2.75, 3.05) is 5.33 Å². The third-order valence-electron chi connectivity index (χ3n) is 5.90. The van der Waals surface area contributed by atoms with Gasteiger partial charge in [0.15, 0.2) is 0 Å². The maximum atomic E-state index is 12.5. The lowest BCUT2D eigenvalue weighted by atomic mass is 9.49. The third-order valence-corrected chi connectivity index (χ3v) is 6.29. The first-order valence-corrected chi connectivity index (χ1v) is 9.39. The molecule has 0 saturated heterocycles. The van der Waals surface area contributed by atoms with Gasteiger partial charge in [0.1, 0.15) is 0 Å². The van der Waals surface area contributed by atoms with Crippen molar-refractivity contribution in [3.05, 3.63) is 0 Å². The summed E-state index contributed by atoms with van der Waals surface area (Å²) in [5.74, 6) is 3.09. The SMILES string of the molecule is CC(C)(CCBr)NC(=O)CC12CC3CC(CC(C3)C1)C2. The van der Waals surface area contributed by atoms with Gasteiger partial charge in [-0.25, -0.2) is 0 Å². The van der Waals surface area contributed by atoms with Gasteiger partial charge in [0.05, 0.1) is 0 Å². The van der Waals surface area contributed by atoms with E-state index in [-0.39, 0.29) is 11.4 Å². The molecular formula is C17H28BrNO. The lowest BCUT2D eigenvalue weighted by Gasteiger charge is -2.56. The molecule has 1 N–H and O–H groups in total. The molecule has 1 amide bonds. The summed E-state index contributed by atoms with van der Waals surface area (Å²) in [5.41, 5.74) is 0.284. The average Bonchev–Trinajstić information content (AvgIpc) is 2.23. The van der Waals surface area contributed by atoms with Crippen LogP contribution in [-0.2, 0) is 4.79 Å². The molecule has 0 aliphatic heterocycles. The van der Waals surface area contributed by atoms with Gasteiger partial charge in [0, 0.05) is 17.3 Å². The minimum absolute atomic E-state index is 0.0805. The van der Waals surface area contributed by atoms with Crippen LogP contribution in [0.5, 0.6) is 0 Å². The highest BCUT2D eigenvalue weighted by molar-refractivity contribution is 9.09. The zero-order valence-electron chi connectivity index (χ0n) is 12.9. The summed E-state index contributed by atoms with van der Waals surface area (Å²) in [6.45, 7) is 4.26. The van der Waals surface area contributed by atoms with Crippen LogP contribution in [0.15, 0.2) is 0 Å². The Kier molecular flexibility index (Phi) is 3.94. The number of amides is 1. The van der Waals surface area contributed by atoms with Gasteiger partial charge in [0.2, 0.25) is 5.91 Å². The molecule has 4 fully saturated rings. The molecule has 4 saturated carbocycles. The monoisotopic (exact) mass is 341 g/mol. The van der Waals surface area contributed by atoms with Gasteiger partial charge >= 0.3 is 0 Å². The maximum absolute atomic E-state index is 12.5. The number of hydrogen-bond acceptors (Lipinski definition) is 1. The van der Waals surface area contributed by atoms with E-state index in [1.807, 2.05) is 0 Å². The highest BCUT2D eigenvalue weighted by atomic mass is 79.9. The van der Waals surface area contributed by atoms with Crippen LogP contribution in [0, 0.1) is 23.2 Å². The van der Waals surface area contributed by atoms with Gasteiger partial charge < -0.3 is 5.32 Å². The molecule has 114 valence electrons. The van der Waals surface area contributed by atoms with Crippen LogP contribution in [0.2, 0.25) is 0 Å². The lowest BCUT2D eigenvalue weighted by Crippen LogP contribution is -2.50. The van der Waals surface area contributed by atoms with Crippen LogP contribution >= 0.6 is 15.9 Å².